The van der Waals surface area contributed by atoms with Crippen molar-refractivity contribution in [3.63, 3.8) is 0 Å². The van der Waals surface area contributed by atoms with Crippen molar-refractivity contribution in [2.45, 2.75) is 11.8 Å². The first-order valence-corrected chi connectivity index (χ1v) is 7.49. The van der Waals surface area contributed by atoms with Crippen LogP contribution in [0.3, 0.4) is 0 Å². The summed E-state index contributed by atoms with van der Waals surface area (Å²) in [6.07, 6.45) is 0.422. The number of aryl methyl sites for hydroxylation is 1. The van der Waals surface area contributed by atoms with Gasteiger partial charge in [-0.25, -0.2) is 0 Å². The molecule has 0 unspecified atom stereocenters. The molecule has 0 aromatic heterocycles. The Kier molecular flexibility index (Phi) is 4.22. The average molecular weight is 321 g/mol. The second-order valence-electron chi connectivity index (χ2n) is 4.45. The molecule has 0 saturated heterocycles. The Morgan fingerprint density at radius 3 is 2.32 bits per heavy atom. The summed E-state index contributed by atoms with van der Waals surface area (Å²) in [4.78, 5) is 20.7. The molecule has 8 heteroatoms. The molecule has 2 aromatic carbocycles. The molecule has 0 fully saturated rings. The lowest BCUT2D eigenvalue weighted by Crippen LogP contribution is -2.11. The summed E-state index contributed by atoms with van der Waals surface area (Å²) in [7, 11) is -4.20. The van der Waals surface area contributed by atoms with Crippen molar-refractivity contribution >= 4 is 22.1 Å². The molecule has 0 N–H and O–H groups in total. The van der Waals surface area contributed by atoms with E-state index in [-0.39, 0.29) is 10.5 Å². The second-order valence-corrected chi connectivity index (χ2v) is 6.00. The second kappa shape index (κ2) is 5.94. The van der Waals surface area contributed by atoms with Crippen LogP contribution in [0.25, 0.3) is 0 Å². The predicted molar refractivity (Wildman–Crippen MR) is 77.5 cm³/mol. The summed E-state index contributed by atoms with van der Waals surface area (Å²) < 4.78 is 29.1. The van der Waals surface area contributed by atoms with Gasteiger partial charge in [-0.15, -0.1) is 0 Å². The molecule has 2 rings (SSSR count). The summed E-state index contributed by atoms with van der Waals surface area (Å²) in [6.45, 7) is 1.79. The lowest BCUT2D eigenvalue weighted by atomic mass is 10.2. The van der Waals surface area contributed by atoms with Gasteiger partial charge >= 0.3 is 15.8 Å². The molecular formula is C14H11NO6S. The van der Waals surface area contributed by atoms with E-state index < -0.39 is 26.5 Å². The minimum atomic E-state index is -4.20. The zero-order chi connectivity index (χ0) is 16.3. The molecular weight excluding hydrogens is 310 g/mol. The lowest BCUT2D eigenvalue weighted by molar-refractivity contribution is -0.385. The first-order chi connectivity index (χ1) is 10.3. The Morgan fingerprint density at radius 2 is 1.77 bits per heavy atom. The highest BCUT2D eigenvalue weighted by Crippen LogP contribution is 2.30. The van der Waals surface area contributed by atoms with Crippen LogP contribution in [0.15, 0.2) is 47.4 Å². The van der Waals surface area contributed by atoms with E-state index in [9.17, 15) is 23.3 Å². The Hall–Kier alpha value is -2.74. The van der Waals surface area contributed by atoms with Gasteiger partial charge < -0.3 is 4.18 Å². The number of aldehydes is 1. The Labute approximate surface area is 126 Å². The van der Waals surface area contributed by atoms with Gasteiger partial charge in [0, 0.05) is 11.6 Å². The molecule has 114 valence electrons. The van der Waals surface area contributed by atoms with Crippen molar-refractivity contribution in [3.05, 3.63) is 63.7 Å². The Balaban J connectivity index is 2.43. The van der Waals surface area contributed by atoms with Gasteiger partial charge in [0.2, 0.25) is 5.75 Å². The van der Waals surface area contributed by atoms with E-state index in [4.69, 9.17) is 4.18 Å². The first-order valence-electron chi connectivity index (χ1n) is 6.08. The van der Waals surface area contributed by atoms with Crippen LogP contribution in [0.2, 0.25) is 0 Å². The van der Waals surface area contributed by atoms with Crippen molar-refractivity contribution in [1.29, 1.82) is 0 Å². The number of rotatable bonds is 5. The number of benzene rings is 2. The molecule has 22 heavy (non-hydrogen) atoms. The van der Waals surface area contributed by atoms with Gasteiger partial charge in [0.1, 0.15) is 11.2 Å². The fraction of sp³-hybridized carbons (Fsp3) is 0.0714. The topological polar surface area (TPSA) is 104 Å². The number of nitro groups is 1. The van der Waals surface area contributed by atoms with Crippen LogP contribution in [-0.2, 0) is 10.1 Å². The quantitative estimate of drug-likeness (QED) is 0.363. The standard InChI is InChI=1S/C14H11NO6S/c1-10-2-5-12(6-3-10)22(19,20)21-14-7-4-11(9-16)8-13(14)15(17)18/h2-9H,1H3. The molecule has 0 aliphatic heterocycles. The highest BCUT2D eigenvalue weighted by molar-refractivity contribution is 7.87. The maximum atomic E-state index is 12.1. The van der Waals surface area contributed by atoms with Crippen molar-refractivity contribution < 1.29 is 22.3 Å². The number of carbonyl (C=O) groups is 1. The van der Waals surface area contributed by atoms with E-state index in [1.54, 1.807) is 19.1 Å². The number of hydrogen-bond acceptors (Lipinski definition) is 6. The van der Waals surface area contributed by atoms with Crippen LogP contribution in [0.1, 0.15) is 15.9 Å². The average Bonchev–Trinajstić information content (AvgIpc) is 2.47. The molecule has 0 radical (unpaired) electrons. The fourth-order valence-electron chi connectivity index (χ4n) is 1.69. The first kappa shape index (κ1) is 15.6. The third-order valence-corrected chi connectivity index (χ3v) is 4.07. The number of hydrogen-bond donors (Lipinski definition) is 0. The van der Waals surface area contributed by atoms with Crippen LogP contribution in [0.5, 0.6) is 5.75 Å². The van der Waals surface area contributed by atoms with Gasteiger partial charge in [-0.1, -0.05) is 17.7 Å². The number of carbonyl (C=O) groups excluding carboxylic acids is 1. The molecule has 2 aromatic rings. The largest absolute Gasteiger partial charge is 0.372 e. The third-order valence-electron chi connectivity index (χ3n) is 2.82. The smallest absolute Gasteiger partial charge is 0.339 e. The van der Waals surface area contributed by atoms with Gasteiger partial charge in [-0.3, -0.25) is 14.9 Å². The van der Waals surface area contributed by atoms with Crippen molar-refractivity contribution in [3.8, 4) is 5.75 Å². The summed E-state index contributed by atoms with van der Waals surface area (Å²) in [5, 5.41) is 11.0. The molecule has 0 saturated carbocycles. The highest BCUT2D eigenvalue weighted by Gasteiger charge is 2.23. The monoisotopic (exact) mass is 321 g/mol. The van der Waals surface area contributed by atoms with Crippen LogP contribution < -0.4 is 4.18 Å². The molecule has 0 amide bonds. The molecule has 0 aliphatic carbocycles. The Bertz CT molecular complexity index is 827. The van der Waals surface area contributed by atoms with Crippen molar-refractivity contribution in [1.82, 2.24) is 0 Å². The Morgan fingerprint density at radius 1 is 1.14 bits per heavy atom. The molecule has 0 heterocycles. The van der Waals surface area contributed by atoms with Gasteiger partial charge in [-0.2, -0.15) is 8.42 Å². The van der Waals surface area contributed by atoms with Crippen molar-refractivity contribution in [2.24, 2.45) is 0 Å². The van der Waals surface area contributed by atoms with Crippen LogP contribution in [0.4, 0.5) is 5.69 Å². The van der Waals surface area contributed by atoms with E-state index >= 15 is 0 Å². The molecule has 0 atom stereocenters. The minimum Gasteiger partial charge on any atom is -0.372 e. The van der Waals surface area contributed by atoms with E-state index in [0.29, 0.717) is 6.29 Å². The third kappa shape index (κ3) is 3.29. The fourth-order valence-corrected chi connectivity index (χ4v) is 2.64. The van der Waals surface area contributed by atoms with E-state index in [1.165, 1.54) is 18.2 Å². The number of nitro benzene ring substituents is 1. The summed E-state index contributed by atoms with van der Waals surface area (Å²) in [5.41, 5.74) is 0.312. The van der Waals surface area contributed by atoms with E-state index in [2.05, 4.69) is 0 Å². The van der Waals surface area contributed by atoms with E-state index in [0.717, 1.165) is 17.7 Å². The number of nitrogens with zero attached hydrogens (tertiary/aromatic N) is 1. The summed E-state index contributed by atoms with van der Waals surface area (Å²) >= 11 is 0. The summed E-state index contributed by atoms with van der Waals surface area (Å²) in [6, 6.07) is 9.12. The van der Waals surface area contributed by atoms with Gasteiger partial charge in [-0.05, 0) is 31.2 Å². The highest BCUT2D eigenvalue weighted by atomic mass is 32.2. The minimum absolute atomic E-state index is 0.0479. The zero-order valence-electron chi connectivity index (χ0n) is 11.4. The molecule has 7 nitrogen and oxygen atoms in total. The SMILES string of the molecule is Cc1ccc(S(=O)(=O)Oc2ccc(C=O)cc2[N+](=O)[O-])cc1. The maximum absolute atomic E-state index is 12.1. The van der Waals surface area contributed by atoms with Gasteiger partial charge in [0.05, 0.1) is 4.92 Å². The molecule has 0 spiro atoms. The van der Waals surface area contributed by atoms with Crippen LogP contribution in [-0.4, -0.2) is 19.6 Å². The van der Waals surface area contributed by atoms with Crippen LogP contribution in [0, 0.1) is 17.0 Å². The molecule has 0 bridgehead atoms. The van der Waals surface area contributed by atoms with Crippen molar-refractivity contribution in [2.75, 3.05) is 0 Å². The van der Waals surface area contributed by atoms with Gasteiger partial charge in [0.25, 0.3) is 0 Å². The predicted octanol–water partition coefficient (Wildman–Crippen LogP) is 2.48. The summed E-state index contributed by atoms with van der Waals surface area (Å²) in [5.74, 6) is -0.448. The lowest BCUT2D eigenvalue weighted by Gasteiger charge is -2.08. The van der Waals surface area contributed by atoms with Gasteiger partial charge in [0.15, 0.2) is 0 Å². The normalized spacial score (nSPS) is 11.0. The molecule has 0 aliphatic rings. The zero-order valence-corrected chi connectivity index (χ0v) is 12.2. The van der Waals surface area contributed by atoms with Crippen LogP contribution >= 0.6 is 0 Å². The van der Waals surface area contributed by atoms with E-state index in [1.807, 2.05) is 0 Å². The maximum Gasteiger partial charge on any atom is 0.339 e.